The molecule has 0 spiro atoms. The Morgan fingerprint density at radius 1 is 1.26 bits per heavy atom. The fourth-order valence-corrected chi connectivity index (χ4v) is 3.34. The van der Waals surface area contributed by atoms with Gasteiger partial charge in [0.15, 0.2) is 0 Å². The Balaban J connectivity index is 1.71. The van der Waals surface area contributed by atoms with Gasteiger partial charge in [-0.05, 0) is 38.5 Å². The third kappa shape index (κ3) is 3.24. The monoisotopic (exact) mass is 314 g/mol. The first-order chi connectivity index (χ1) is 11.1. The van der Waals surface area contributed by atoms with Crippen LogP contribution in [0.2, 0.25) is 0 Å². The van der Waals surface area contributed by atoms with E-state index in [0.29, 0.717) is 12.5 Å². The number of piperazine rings is 1. The van der Waals surface area contributed by atoms with Gasteiger partial charge in [-0.3, -0.25) is 9.69 Å². The van der Waals surface area contributed by atoms with E-state index in [9.17, 15) is 4.79 Å². The van der Waals surface area contributed by atoms with Crippen molar-refractivity contribution < 1.29 is 4.79 Å². The highest BCUT2D eigenvalue weighted by Crippen LogP contribution is 2.20. The van der Waals surface area contributed by atoms with Crippen LogP contribution in [0, 0.1) is 0 Å². The number of hydrogen-bond acceptors (Lipinski definition) is 3. The predicted molar refractivity (Wildman–Crippen MR) is 92.4 cm³/mol. The number of carbonyl (C=O) groups is 1. The molecule has 3 heterocycles. The Morgan fingerprint density at radius 3 is 2.65 bits per heavy atom. The number of nitrogens with zero attached hydrogens (tertiary/aromatic N) is 4. The lowest BCUT2D eigenvalue weighted by molar-refractivity contribution is -0.132. The topological polar surface area (TPSA) is 41.4 Å². The van der Waals surface area contributed by atoms with Crippen LogP contribution in [0.3, 0.4) is 0 Å². The first kappa shape index (κ1) is 16.0. The average molecular weight is 314 g/mol. The number of aromatic nitrogens is 2. The summed E-state index contributed by atoms with van der Waals surface area (Å²) in [6, 6.07) is 4.56. The van der Waals surface area contributed by atoms with E-state index in [4.69, 9.17) is 0 Å². The molecule has 1 saturated heterocycles. The highest BCUT2D eigenvalue weighted by Gasteiger charge is 2.23. The molecule has 1 fully saturated rings. The molecule has 2 aromatic rings. The van der Waals surface area contributed by atoms with Gasteiger partial charge in [-0.1, -0.05) is 0 Å². The summed E-state index contributed by atoms with van der Waals surface area (Å²) in [5.41, 5.74) is 2.06. The molecular formula is C18H26N4O. The molecule has 5 nitrogen and oxygen atoms in total. The molecule has 0 atom stereocenters. The molecule has 1 aliphatic heterocycles. The predicted octanol–water partition coefficient (Wildman–Crippen LogP) is 2.15. The van der Waals surface area contributed by atoms with Gasteiger partial charge in [-0.25, -0.2) is 4.98 Å². The van der Waals surface area contributed by atoms with Crippen LogP contribution in [0.15, 0.2) is 24.5 Å². The molecule has 0 N–H and O–H groups in total. The zero-order chi connectivity index (χ0) is 16.4. The fraction of sp³-hybridized carbons (Fsp3) is 0.556. The highest BCUT2D eigenvalue weighted by atomic mass is 16.2. The van der Waals surface area contributed by atoms with Gasteiger partial charge in [0, 0.05) is 56.5 Å². The SMILES string of the molecule is CCn1cc(CC(=O)N2CCN(C(C)C)CC2)c2cccnc21. The fourth-order valence-electron chi connectivity index (χ4n) is 3.34. The van der Waals surface area contributed by atoms with Gasteiger partial charge in [-0.2, -0.15) is 0 Å². The van der Waals surface area contributed by atoms with Crippen molar-refractivity contribution in [2.75, 3.05) is 26.2 Å². The molecule has 124 valence electrons. The van der Waals surface area contributed by atoms with Gasteiger partial charge in [0.05, 0.1) is 6.42 Å². The molecule has 0 radical (unpaired) electrons. The van der Waals surface area contributed by atoms with Gasteiger partial charge in [0.1, 0.15) is 5.65 Å². The maximum Gasteiger partial charge on any atom is 0.227 e. The van der Waals surface area contributed by atoms with E-state index < -0.39 is 0 Å². The summed E-state index contributed by atoms with van der Waals surface area (Å²) in [5.74, 6) is 0.229. The second-order valence-corrected chi connectivity index (χ2v) is 6.50. The van der Waals surface area contributed by atoms with Crippen LogP contribution < -0.4 is 0 Å². The largest absolute Gasteiger partial charge is 0.340 e. The molecule has 0 aromatic carbocycles. The second-order valence-electron chi connectivity index (χ2n) is 6.50. The Bertz CT molecular complexity index is 683. The van der Waals surface area contributed by atoms with Crippen LogP contribution in [0.5, 0.6) is 0 Å². The van der Waals surface area contributed by atoms with Crippen LogP contribution in [-0.2, 0) is 17.8 Å². The molecule has 1 aliphatic rings. The third-order valence-electron chi connectivity index (χ3n) is 4.80. The Hall–Kier alpha value is -1.88. The lowest BCUT2D eigenvalue weighted by atomic mass is 10.1. The lowest BCUT2D eigenvalue weighted by Gasteiger charge is -2.37. The summed E-state index contributed by atoms with van der Waals surface area (Å²) in [4.78, 5) is 21.5. The normalized spacial score (nSPS) is 16.4. The minimum Gasteiger partial charge on any atom is -0.340 e. The van der Waals surface area contributed by atoms with Crippen LogP contribution in [-0.4, -0.2) is 57.5 Å². The lowest BCUT2D eigenvalue weighted by Crippen LogP contribution is -2.51. The zero-order valence-corrected chi connectivity index (χ0v) is 14.3. The second kappa shape index (κ2) is 6.71. The average Bonchev–Trinajstić information content (AvgIpc) is 2.93. The Kier molecular flexibility index (Phi) is 4.66. The van der Waals surface area contributed by atoms with Crippen molar-refractivity contribution in [2.45, 2.75) is 39.8 Å². The van der Waals surface area contributed by atoms with E-state index in [2.05, 4.69) is 47.5 Å². The standard InChI is InChI=1S/C18H26N4O/c1-4-20-13-15(16-6-5-7-19-18(16)20)12-17(23)22-10-8-21(9-11-22)14(2)3/h5-7,13-14H,4,8-12H2,1-3H3. The summed E-state index contributed by atoms with van der Waals surface area (Å²) in [5, 5.41) is 1.10. The quantitative estimate of drug-likeness (QED) is 0.868. The van der Waals surface area contributed by atoms with Crippen LogP contribution in [0.25, 0.3) is 11.0 Å². The van der Waals surface area contributed by atoms with E-state index in [1.807, 2.05) is 17.2 Å². The Morgan fingerprint density at radius 2 is 2.00 bits per heavy atom. The van der Waals surface area contributed by atoms with E-state index >= 15 is 0 Å². The van der Waals surface area contributed by atoms with Gasteiger partial charge in [0.2, 0.25) is 5.91 Å². The van der Waals surface area contributed by atoms with Crippen molar-refractivity contribution in [3.05, 3.63) is 30.1 Å². The van der Waals surface area contributed by atoms with Crippen molar-refractivity contribution in [2.24, 2.45) is 0 Å². The maximum absolute atomic E-state index is 12.7. The van der Waals surface area contributed by atoms with Gasteiger partial charge in [0.25, 0.3) is 0 Å². The number of amides is 1. The van der Waals surface area contributed by atoms with E-state index in [1.165, 1.54) is 0 Å². The molecule has 3 rings (SSSR count). The van der Waals surface area contributed by atoms with Crippen molar-refractivity contribution in [3.8, 4) is 0 Å². The van der Waals surface area contributed by atoms with Gasteiger partial charge < -0.3 is 9.47 Å². The van der Waals surface area contributed by atoms with Crippen LogP contribution in [0.4, 0.5) is 0 Å². The smallest absolute Gasteiger partial charge is 0.227 e. The summed E-state index contributed by atoms with van der Waals surface area (Å²) in [6.07, 6.45) is 4.36. The minimum absolute atomic E-state index is 0.229. The van der Waals surface area contributed by atoms with Crippen LogP contribution in [0.1, 0.15) is 26.3 Å². The molecule has 0 bridgehead atoms. The summed E-state index contributed by atoms with van der Waals surface area (Å²) >= 11 is 0. The van der Waals surface area contributed by atoms with E-state index in [0.717, 1.165) is 49.3 Å². The first-order valence-corrected chi connectivity index (χ1v) is 8.54. The summed E-state index contributed by atoms with van der Waals surface area (Å²) in [6.45, 7) is 11.0. The highest BCUT2D eigenvalue weighted by molar-refractivity contribution is 5.87. The number of rotatable bonds is 4. The first-order valence-electron chi connectivity index (χ1n) is 8.54. The number of aryl methyl sites for hydroxylation is 1. The van der Waals surface area contributed by atoms with Crippen molar-refractivity contribution in [3.63, 3.8) is 0 Å². The summed E-state index contributed by atoms with van der Waals surface area (Å²) < 4.78 is 2.12. The molecule has 0 aliphatic carbocycles. The van der Waals surface area contributed by atoms with Crippen LogP contribution >= 0.6 is 0 Å². The van der Waals surface area contributed by atoms with Gasteiger partial charge in [-0.15, -0.1) is 0 Å². The zero-order valence-electron chi connectivity index (χ0n) is 14.3. The molecule has 23 heavy (non-hydrogen) atoms. The number of fused-ring (bicyclic) bond motifs is 1. The minimum atomic E-state index is 0.229. The van der Waals surface area contributed by atoms with E-state index in [-0.39, 0.29) is 5.91 Å². The number of carbonyl (C=O) groups excluding carboxylic acids is 1. The van der Waals surface area contributed by atoms with E-state index in [1.54, 1.807) is 0 Å². The molecule has 1 amide bonds. The summed E-state index contributed by atoms with van der Waals surface area (Å²) in [7, 11) is 0. The molecular weight excluding hydrogens is 288 g/mol. The number of hydrogen-bond donors (Lipinski definition) is 0. The maximum atomic E-state index is 12.7. The van der Waals surface area contributed by atoms with Crippen molar-refractivity contribution >= 4 is 16.9 Å². The third-order valence-corrected chi connectivity index (χ3v) is 4.80. The molecule has 0 unspecified atom stereocenters. The Labute approximate surface area is 137 Å². The number of pyridine rings is 1. The van der Waals surface area contributed by atoms with Crippen molar-refractivity contribution in [1.29, 1.82) is 0 Å². The molecule has 2 aromatic heterocycles. The van der Waals surface area contributed by atoms with Gasteiger partial charge >= 0.3 is 0 Å². The molecule has 5 heteroatoms. The van der Waals surface area contributed by atoms with Crippen molar-refractivity contribution in [1.82, 2.24) is 19.4 Å². The molecule has 0 saturated carbocycles.